The highest BCUT2D eigenvalue weighted by Gasteiger charge is 2.58. The van der Waals surface area contributed by atoms with E-state index >= 15 is 8.78 Å². The van der Waals surface area contributed by atoms with Crippen molar-refractivity contribution in [3.8, 4) is 0 Å². The van der Waals surface area contributed by atoms with Gasteiger partial charge in [0.1, 0.15) is 17.5 Å². The van der Waals surface area contributed by atoms with Crippen molar-refractivity contribution < 1.29 is 18.7 Å². The Morgan fingerprint density at radius 1 is 1.22 bits per heavy atom. The summed E-state index contributed by atoms with van der Waals surface area (Å²) in [6, 6.07) is 6.73. The van der Waals surface area contributed by atoms with Crippen LogP contribution in [0.3, 0.4) is 0 Å². The van der Waals surface area contributed by atoms with Crippen LogP contribution in [-0.4, -0.2) is 41.1 Å². The smallest absolute Gasteiger partial charge is 0.243 e. The third-order valence-corrected chi connectivity index (χ3v) is 8.20. The molecule has 224 valence electrons. The zero-order chi connectivity index (χ0) is 30.8. The van der Waals surface area contributed by atoms with E-state index in [-0.39, 0.29) is 39.0 Å². The zero-order valence-electron chi connectivity index (χ0n) is 23.9. The fraction of sp³-hybridized carbons (Fsp3) is 0.467. The Balaban J connectivity index is 2.11. The summed E-state index contributed by atoms with van der Waals surface area (Å²) < 4.78 is 31.3. The van der Waals surface area contributed by atoms with E-state index < -0.39 is 46.7 Å². The Morgan fingerprint density at radius 2 is 1.90 bits per heavy atom. The number of nitrogens with two attached hydrogens (primary N) is 1. The van der Waals surface area contributed by atoms with Gasteiger partial charge in [-0.05, 0) is 55.5 Å². The van der Waals surface area contributed by atoms with Gasteiger partial charge in [-0.2, -0.15) is 0 Å². The molecule has 0 unspecified atom stereocenters. The van der Waals surface area contributed by atoms with Crippen molar-refractivity contribution in [2.75, 3.05) is 6.54 Å². The van der Waals surface area contributed by atoms with E-state index in [0.717, 1.165) is 12.5 Å². The van der Waals surface area contributed by atoms with E-state index in [2.05, 4.69) is 16.0 Å². The van der Waals surface area contributed by atoms with Gasteiger partial charge in [-0.25, -0.2) is 8.78 Å². The van der Waals surface area contributed by atoms with Gasteiger partial charge in [-0.3, -0.25) is 10.2 Å². The summed E-state index contributed by atoms with van der Waals surface area (Å²) in [6.07, 6.45) is 3.95. The Labute approximate surface area is 250 Å². The second kappa shape index (κ2) is 12.8. The molecule has 1 heterocycles. The molecule has 4 atom stereocenters. The highest BCUT2D eigenvalue weighted by Crippen LogP contribution is 2.50. The minimum atomic E-state index is -1.61. The summed E-state index contributed by atoms with van der Waals surface area (Å²) in [5.74, 6) is -3.44. The predicted octanol–water partition coefficient (Wildman–Crippen LogP) is 5.34. The molecule has 2 aromatic carbocycles. The lowest BCUT2D eigenvalue weighted by molar-refractivity contribution is -0.121. The Kier molecular flexibility index (Phi) is 10.2. The van der Waals surface area contributed by atoms with E-state index in [9.17, 15) is 9.90 Å². The van der Waals surface area contributed by atoms with Crippen LogP contribution in [0.15, 0.2) is 48.7 Å². The Hall–Kier alpha value is -2.56. The highest BCUT2D eigenvalue weighted by molar-refractivity contribution is 6.31. The van der Waals surface area contributed by atoms with Crippen LogP contribution >= 0.6 is 23.2 Å². The molecule has 0 saturated carbocycles. The largest absolute Gasteiger partial charge is 0.389 e. The molecule has 0 aromatic heterocycles. The average molecular weight is 611 g/mol. The van der Waals surface area contributed by atoms with Gasteiger partial charge in [0.15, 0.2) is 0 Å². The summed E-state index contributed by atoms with van der Waals surface area (Å²) in [6.45, 7) is 9.57. The number of amides is 1. The van der Waals surface area contributed by atoms with E-state index in [1.807, 2.05) is 20.8 Å². The molecular weight excluding hydrogens is 571 g/mol. The monoisotopic (exact) mass is 609 g/mol. The van der Waals surface area contributed by atoms with E-state index in [1.54, 1.807) is 19.9 Å². The van der Waals surface area contributed by atoms with Crippen LogP contribution in [0.4, 0.5) is 8.78 Å². The van der Waals surface area contributed by atoms with Crippen LogP contribution in [0.5, 0.6) is 0 Å². The summed E-state index contributed by atoms with van der Waals surface area (Å²) in [5, 5.41) is 26.8. The molecule has 2 aromatic rings. The van der Waals surface area contributed by atoms with Gasteiger partial charge in [0.05, 0.1) is 22.2 Å². The normalized spacial score (nSPS) is 23.1. The molecule has 7 nitrogen and oxygen atoms in total. The number of rotatable bonds is 10. The van der Waals surface area contributed by atoms with Gasteiger partial charge in [0.2, 0.25) is 5.91 Å². The molecule has 0 spiro atoms. The number of hydrogen-bond acceptors (Lipinski definition) is 6. The molecule has 1 amide bonds. The van der Waals surface area contributed by atoms with E-state index in [1.165, 1.54) is 36.5 Å². The van der Waals surface area contributed by atoms with E-state index in [0.29, 0.717) is 6.42 Å². The lowest BCUT2D eigenvalue weighted by Gasteiger charge is -2.40. The molecule has 1 aliphatic rings. The van der Waals surface area contributed by atoms with Crippen LogP contribution in [0.2, 0.25) is 10.0 Å². The minimum Gasteiger partial charge on any atom is -0.389 e. The van der Waals surface area contributed by atoms with Crippen LogP contribution in [0.25, 0.3) is 0 Å². The molecule has 0 bridgehead atoms. The molecule has 0 radical (unpaired) electrons. The van der Waals surface area contributed by atoms with Crippen molar-refractivity contribution in [2.45, 2.75) is 76.6 Å². The Morgan fingerprint density at radius 3 is 2.51 bits per heavy atom. The van der Waals surface area contributed by atoms with Crippen molar-refractivity contribution in [3.05, 3.63) is 81.5 Å². The standard InChI is InChI=1S/C30H39Cl2F2N5O2/c1-6-28(2,3)15-22-30(36,19-11-10-17(31)14-21(19)33)24(18-8-7-9-20(32)25(18)34)26(38-22)27(40)39-23(35)12-13-37-16-29(4,5)41/h7-14,22,24,26,37-38,41H,6,15-16,36H2,1-5H3,(H2,35,39,40)/b13-12-/t22-,24-,26+,30+/m0/s1. The molecule has 1 aliphatic heterocycles. The number of amidine groups is 1. The molecule has 0 aliphatic carbocycles. The Bertz CT molecular complexity index is 1310. The van der Waals surface area contributed by atoms with Crippen LogP contribution < -0.4 is 21.7 Å². The third kappa shape index (κ3) is 7.64. The van der Waals surface area contributed by atoms with Crippen molar-refractivity contribution in [1.82, 2.24) is 16.0 Å². The summed E-state index contributed by atoms with van der Waals surface area (Å²) in [7, 11) is 0. The maximum atomic E-state index is 15.7. The number of hydrogen-bond donors (Lipinski definition) is 6. The van der Waals surface area contributed by atoms with Gasteiger partial charge in [0.25, 0.3) is 0 Å². The molecule has 1 fully saturated rings. The first-order valence-electron chi connectivity index (χ1n) is 13.5. The minimum absolute atomic E-state index is 0.0488. The molecule has 1 saturated heterocycles. The lowest BCUT2D eigenvalue weighted by Crippen LogP contribution is -2.52. The number of nitrogens with one attached hydrogen (secondary N) is 4. The quantitative estimate of drug-likeness (QED) is 0.160. The SMILES string of the molecule is CCC(C)(C)C[C@@H]1N[C@@H](C(=O)NC(=N)/C=C\NCC(C)(C)O)[C@H](c2cccc(Cl)c2F)[C@@]1(N)c1ccc(Cl)cc1F. The number of carbonyl (C=O) groups excluding carboxylic acids is 1. The average Bonchev–Trinajstić information content (AvgIpc) is 3.15. The predicted molar refractivity (Wildman–Crippen MR) is 160 cm³/mol. The molecular formula is C30H39Cl2F2N5O2. The summed E-state index contributed by atoms with van der Waals surface area (Å²) in [5.41, 5.74) is 4.47. The highest BCUT2D eigenvalue weighted by atomic mass is 35.5. The lowest BCUT2D eigenvalue weighted by atomic mass is 9.67. The van der Waals surface area contributed by atoms with Crippen molar-refractivity contribution >= 4 is 34.9 Å². The van der Waals surface area contributed by atoms with Gasteiger partial charge in [-0.15, -0.1) is 0 Å². The molecule has 7 N–H and O–H groups in total. The van der Waals surface area contributed by atoms with Crippen molar-refractivity contribution in [2.24, 2.45) is 11.1 Å². The zero-order valence-corrected chi connectivity index (χ0v) is 25.4. The second-order valence-electron chi connectivity index (χ2n) is 12.0. The maximum absolute atomic E-state index is 15.7. The third-order valence-electron chi connectivity index (χ3n) is 7.68. The first-order chi connectivity index (χ1) is 19.0. The number of benzene rings is 2. The van der Waals surface area contributed by atoms with Gasteiger partial charge in [0, 0.05) is 35.3 Å². The van der Waals surface area contributed by atoms with Crippen molar-refractivity contribution in [1.29, 1.82) is 5.41 Å². The number of halogens is 4. The van der Waals surface area contributed by atoms with Gasteiger partial charge >= 0.3 is 0 Å². The van der Waals surface area contributed by atoms with Gasteiger partial charge < -0.3 is 26.8 Å². The number of aliphatic hydroxyl groups is 1. The second-order valence-corrected chi connectivity index (χ2v) is 12.9. The van der Waals surface area contributed by atoms with Crippen LogP contribution in [0, 0.1) is 22.5 Å². The maximum Gasteiger partial charge on any atom is 0.243 e. The topological polar surface area (TPSA) is 123 Å². The first kappa shape index (κ1) is 32.9. The fourth-order valence-electron chi connectivity index (χ4n) is 5.19. The van der Waals surface area contributed by atoms with E-state index in [4.69, 9.17) is 34.3 Å². The van der Waals surface area contributed by atoms with Gasteiger partial charge in [-0.1, -0.05) is 68.6 Å². The first-order valence-corrected chi connectivity index (χ1v) is 14.2. The van der Waals surface area contributed by atoms with Crippen LogP contribution in [0.1, 0.15) is 64.5 Å². The summed E-state index contributed by atoms with van der Waals surface area (Å²) in [4.78, 5) is 13.7. The van der Waals surface area contributed by atoms with Crippen molar-refractivity contribution in [3.63, 3.8) is 0 Å². The van der Waals surface area contributed by atoms with Crippen LogP contribution in [-0.2, 0) is 10.3 Å². The molecule has 11 heteroatoms. The summed E-state index contributed by atoms with van der Waals surface area (Å²) >= 11 is 12.2. The fourth-order valence-corrected chi connectivity index (χ4v) is 5.53. The molecule has 41 heavy (non-hydrogen) atoms. The number of carbonyl (C=O) groups is 1. The molecule has 3 rings (SSSR count).